The highest BCUT2D eigenvalue weighted by atomic mass is 32.2. The molecule has 5 rings (SSSR count). The Balaban J connectivity index is 1.33. The van der Waals surface area contributed by atoms with Gasteiger partial charge in [0.2, 0.25) is 21.9 Å². The number of carboxylic acid groups (broad SMARTS) is 1. The zero-order valence-corrected chi connectivity index (χ0v) is 23.5. The lowest BCUT2D eigenvalue weighted by atomic mass is 10.1. The van der Waals surface area contributed by atoms with Gasteiger partial charge in [-0.1, -0.05) is 30.3 Å². The molecule has 0 radical (unpaired) electrons. The normalized spacial score (nSPS) is 15.2. The summed E-state index contributed by atoms with van der Waals surface area (Å²) in [7, 11) is -3.86. The van der Waals surface area contributed by atoms with E-state index in [1.807, 2.05) is 0 Å². The lowest BCUT2D eigenvalue weighted by molar-refractivity contribution is 0.132. The molecule has 1 aliphatic rings. The summed E-state index contributed by atoms with van der Waals surface area (Å²) in [4.78, 5) is 25.9. The fraction of sp³-hybridized carbons (Fsp3) is 0.241. The molecular weight excluding hydrogens is 563 g/mol. The number of carbonyl (C=O) groups is 1. The van der Waals surface area contributed by atoms with Gasteiger partial charge in [-0.3, -0.25) is 4.72 Å². The van der Waals surface area contributed by atoms with Crippen LogP contribution in [0, 0.1) is 12.7 Å². The van der Waals surface area contributed by atoms with E-state index < -0.39 is 21.9 Å². The van der Waals surface area contributed by atoms with Crippen LogP contribution >= 0.6 is 0 Å². The predicted molar refractivity (Wildman–Crippen MR) is 155 cm³/mol. The van der Waals surface area contributed by atoms with Crippen LogP contribution in [0.5, 0.6) is 11.6 Å². The molecule has 1 atom stereocenters. The van der Waals surface area contributed by atoms with Gasteiger partial charge < -0.3 is 20.1 Å². The topological polar surface area (TPSA) is 147 Å². The Kier molecular flexibility index (Phi) is 8.48. The van der Waals surface area contributed by atoms with Gasteiger partial charge in [-0.25, -0.2) is 32.6 Å². The number of benzene rings is 2. The maximum Gasteiger partial charge on any atom is 0.407 e. The Morgan fingerprint density at radius 2 is 1.90 bits per heavy atom. The van der Waals surface area contributed by atoms with Crippen LogP contribution in [0.4, 0.5) is 20.8 Å². The largest absolute Gasteiger partial charge is 0.465 e. The number of sulfonamides is 1. The van der Waals surface area contributed by atoms with Crippen LogP contribution in [0.15, 0.2) is 73.1 Å². The molecule has 1 saturated heterocycles. The summed E-state index contributed by atoms with van der Waals surface area (Å²) in [5.41, 5.74) is 1.49. The zero-order chi connectivity index (χ0) is 29.7. The molecule has 1 fully saturated rings. The Labute approximate surface area is 242 Å². The minimum atomic E-state index is -3.86. The van der Waals surface area contributed by atoms with E-state index in [4.69, 9.17) is 4.74 Å². The number of amides is 1. The summed E-state index contributed by atoms with van der Waals surface area (Å²) in [6.45, 7) is 2.30. The van der Waals surface area contributed by atoms with Crippen molar-refractivity contribution in [3.63, 3.8) is 0 Å². The maximum atomic E-state index is 15.3. The number of ether oxygens (including phenoxy) is 1. The van der Waals surface area contributed by atoms with E-state index >= 15 is 4.39 Å². The second-order valence-electron chi connectivity index (χ2n) is 9.83. The molecule has 11 nitrogen and oxygen atoms in total. The van der Waals surface area contributed by atoms with Crippen molar-refractivity contribution in [2.75, 3.05) is 23.1 Å². The summed E-state index contributed by atoms with van der Waals surface area (Å²) >= 11 is 0. The second kappa shape index (κ2) is 12.4. The third-order valence-electron chi connectivity index (χ3n) is 6.74. The van der Waals surface area contributed by atoms with Crippen molar-refractivity contribution in [3.05, 3.63) is 90.0 Å². The number of nitrogens with zero attached hydrogens (tertiary/aromatic N) is 4. The summed E-state index contributed by atoms with van der Waals surface area (Å²) in [5, 5.41) is 12.5. The Morgan fingerprint density at radius 1 is 1.10 bits per heavy atom. The fourth-order valence-corrected chi connectivity index (χ4v) is 5.85. The highest BCUT2D eigenvalue weighted by Crippen LogP contribution is 2.35. The quantitative estimate of drug-likeness (QED) is 0.236. The number of halogens is 1. The van der Waals surface area contributed by atoms with Gasteiger partial charge in [-0.05, 0) is 55.7 Å². The van der Waals surface area contributed by atoms with Gasteiger partial charge in [0.05, 0.1) is 22.7 Å². The molecular formula is C29H29FN6O5S. The Hall–Kier alpha value is -4.78. The first kappa shape index (κ1) is 28.7. The average Bonchev–Trinajstić information content (AvgIpc) is 2.98. The highest BCUT2D eigenvalue weighted by Gasteiger charge is 2.24. The number of hydrogen-bond donors (Lipinski definition) is 3. The van der Waals surface area contributed by atoms with Crippen molar-refractivity contribution in [3.8, 4) is 22.9 Å². The van der Waals surface area contributed by atoms with Gasteiger partial charge >= 0.3 is 6.09 Å². The summed E-state index contributed by atoms with van der Waals surface area (Å²) < 4.78 is 48.9. The van der Waals surface area contributed by atoms with Crippen molar-refractivity contribution < 1.29 is 27.4 Å². The van der Waals surface area contributed by atoms with Crippen LogP contribution in [-0.2, 0) is 15.8 Å². The van der Waals surface area contributed by atoms with Crippen molar-refractivity contribution in [2.45, 2.75) is 31.6 Å². The molecule has 0 saturated carbocycles. The van der Waals surface area contributed by atoms with Crippen molar-refractivity contribution in [1.29, 1.82) is 0 Å². The molecule has 218 valence electrons. The maximum absolute atomic E-state index is 15.3. The van der Waals surface area contributed by atoms with Crippen LogP contribution in [0.2, 0.25) is 0 Å². The van der Waals surface area contributed by atoms with E-state index in [1.165, 1.54) is 30.2 Å². The van der Waals surface area contributed by atoms with Crippen molar-refractivity contribution >= 4 is 27.8 Å². The molecule has 3 heterocycles. The Bertz CT molecular complexity index is 1690. The lowest BCUT2D eigenvalue weighted by Crippen LogP contribution is -2.44. The van der Waals surface area contributed by atoms with Crippen LogP contribution < -0.4 is 14.8 Å². The molecule has 0 bridgehead atoms. The first-order valence-corrected chi connectivity index (χ1v) is 14.9. The predicted octanol–water partition coefficient (Wildman–Crippen LogP) is 5.27. The van der Waals surface area contributed by atoms with E-state index in [2.05, 4.69) is 25.0 Å². The highest BCUT2D eigenvalue weighted by molar-refractivity contribution is 7.91. The lowest BCUT2D eigenvalue weighted by Gasteiger charge is -2.31. The summed E-state index contributed by atoms with van der Waals surface area (Å²) in [5.74, 6) is -0.415. The van der Waals surface area contributed by atoms with Gasteiger partial charge in [0.1, 0.15) is 5.75 Å². The van der Waals surface area contributed by atoms with Crippen LogP contribution in [0.25, 0.3) is 11.3 Å². The van der Waals surface area contributed by atoms with E-state index in [1.54, 1.807) is 54.7 Å². The van der Waals surface area contributed by atoms with Crippen LogP contribution in [-0.4, -0.2) is 58.6 Å². The molecule has 1 aliphatic heterocycles. The number of pyridine rings is 1. The SMILES string of the molecule is Cc1c(Oc2ncccc2-c2ccnc(N[C@H]3CCCN(C(=O)O)C3)n2)ccc(NS(=O)(=O)Cc2ccccc2)c1F. The minimum Gasteiger partial charge on any atom is -0.465 e. The molecule has 2 aromatic carbocycles. The molecule has 0 aliphatic carbocycles. The third-order valence-corrected chi connectivity index (χ3v) is 7.98. The van der Waals surface area contributed by atoms with Gasteiger partial charge in [0, 0.05) is 37.1 Å². The molecule has 1 amide bonds. The summed E-state index contributed by atoms with van der Waals surface area (Å²) in [6.07, 6.45) is 3.65. The van der Waals surface area contributed by atoms with Gasteiger partial charge in [0.25, 0.3) is 0 Å². The standard InChI is InChI=1S/C29H29FN6O5S/c1-19-25(12-11-24(26(19)30)35-42(39,40)18-20-7-3-2-4-8-20)41-27-22(10-5-14-31-27)23-13-15-32-28(34-23)33-21-9-6-16-36(17-21)29(37)38/h2-5,7-8,10-15,21,35H,6,9,16-18H2,1H3,(H,37,38)(H,32,33,34)/t21-/m0/s1. The van der Waals surface area contributed by atoms with Crippen molar-refractivity contribution in [1.82, 2.24) is 19.9 Å². The van der Waals surface area contributed by atoms with Crippen molar-refractivity contribution in [2.24, 2.45) is 0 Å². The number of nitrogens with one attached hydrogen (secondary N) is 2. The van der Waals surface area contributed by atoms with E-state index in [-0.39, 0.29) is 34.7 Å². The van der Waals surface area contributed by atoms with E-state index in [0.29, 0.717) is 35.9 Å². The van der Waals surface area contributed by atoms with Crippen LogP contribution in [0.3, 0.4) is 0 Å². The molecule has 0 unspecified atom stereocenters. The molecule has 42 heavy (non-hydrogen) atoms. The fourth-order valence-electron chi connectivity index (χ4n) is 4.65. The number of rotatable bonds is 9. The first-order valence-electron chi connectivity index (χ1n) is 13.2. The van der Waals surface area contributed by atoms with Gasteiger partial charge in [0.15, 0.2) is 5.82 Å². The molecule has 13 heteroatoms. The van der Waals surface area contributed by atoms with E-state index in [9.17, 15) is 18.3 Å². The third kappa shape index (κ3) is 6.92. The monoisotopic (exact) mass is 592 g/mol. The molecule has 4 aromatic rings. The number of likely N-dealkylation sites (tertiary alicyclic amines) is 1. The first-order chi connectivity index (χ1) is 20.2. The number of anilines is 2. The van der Waals surface area contributed by atoms with E-state index in [0.717, 1.165) is 12.8 Å². The molecule has 3 N–H and O–H groups in total. The van der Waals surface area contributed by atoms with Gasteiger partial charge in [-0.2, -0.15) is 0 Å². The second-order valence-corrected chi connectivity index (χ2v) is 11.6. The van der Waals surface area contributed by atoms with Crippen LogP contribution in [0.1, 0.15) is 24.0 Å². The zero-order valence-electron chi connectivity index (χ0n) is 22.7. The number of hydrogen-bond acceptors (Lipinski definition) is 8. The minimum absolute atomic E-state index is 0.0943. The molecule has 2 aromatic heterocycles. The van der Waals surface area contributed by atoms with Gasteiger partial charge in [-0.15, -0.1) is 0 Å². The summed E-state index contributed by atoms with van der Waals surface area (Å²) in [6, 6.07) is 16.4. The average molecular weight is 593 g/mol. The number of piperidine rings is 1. The molecule has 0 spiro atoms. The Morgan fingerprint density at radius 3 is 2.69 bits per heavy atom. The smallest absolute Gasteiger partial charge is 0.407 e. The number of aromatic nitrogens is 3.